The van der Waals surface area contributed by atoms with E-state index in [0.717, 1.165) is 40.3 Å². The third-order valence-electron chi connectivity index (χ3n) is 12.2. The van der Waals surface area contributed by atoms with Gasteiger partial charge in [0.05, 0.1) is 50.5 Å². The summed E-state index contributed by atoms with van der Waals surface area (Å²) in [5, 5.41) is 28.6. The van der Waals surface area contributed by atoms with Gasteiger partial charge in [0.2, 0.25) is 17.8 Å². The first-order valence-electron chi connectivity index (χ1n) is 25.8. The number of esters is 4. The van der Waals surface area contributed by atoms with E-state index >= 15 is 0 Å². The number of carbonyl (C=O) groups excluding carboxylic acids is 7. The molecule has 1 unspecified atom stereocenters. The van der Waals surface area contributed by atoms with Gasteiger partial charge in [-0.1, -0.05) is 29.5 Å². The molecule has 1 aliphatic heterocycles. The number of nitrogens with zero attached hydrogens (tertiary/aromatic N) is 6. The zero-order valence-corrected chi connectivity index (χ0v) is 47.6. The molecule has 1 saturated heterocycles. The van der Waals surface area contributed by atoms with Crippen molar-refractivity contribution in [2.45, 2.75) is 102 Å². The Kier molecular flexibility index (Phi) is 22.6. The highest BCUT2D eigenvalue weighted by atomic mass is 32.2. The first-order chi connectivity index (χ1) is 39.4. The fourth-order valence-electron chi connectivity index (χ4n) is 8.45. The molecule has 0 bridgehead atoms. The van der Waals surface area contributed by atoms with Gasteiger partial charge in [0.25, 0.3) is 21.9 Å². The van der Waals surface area contributed by atoms with Crippen LogP contribution in [0.1, 0.15) is 57.6 Å². The number of fused-ring (bicyclic) bond motifs is 1. The number of carbonyl (C=O) groups is 7. The van der Waals surface area contributed by atoms with Gasteiger partial charge >= 0.3 is 23.9 Å². The van der Waals surface area contributed by atoms with Crippen molar-refractivity contribution in [3.05, 3.63) is 102 Å². The minimum absolute atomic E-state index is 0.00677. The maximum absolute atomic E-state index is 14.5. The second-order valence-corrected chi connectivity index (χ2v) is 20.4. The standard InChI is InChI=1S/C54H66N10O18S/c1-32(65)58-47-49(79-35(4)68)48(78-34(3)67)45(31-77-33(2)66)80-51(47)81-53(54(6,82-36(5)69)52(71)56-24-23-55-44-13-9-12-43-42(44)11-10-14-46(43)83(72,73)74)76-28-27-75-26-25-64-30-40(61-62-64)29-57-50(70)37-15-17-38(18-16-37)59-60-39-19-21-41(22-20-39)63(7)8/h9-22,30,45,47-49,51,53,55H,23-29,31H2,1-8H3,(H,56,71)(H,57,70)(H,58,65)(H,72,73,74)/b60-59+/t45-,47-,48-,49-,51+,53-,54?/m1/s1. The zero-order valence-electron chi connectivity index (χ0n) is 46.8. The molecule has 1 aromatic heterocycles. The molecule has 446 valence electrons. The van der Waals surface area contributed by atoms with Crippen molar-refractivity contribution < 1.29 is 84.4 Å². The third-order valence-corrected chi connectivity index (χ3v) is 13.1. The van der Waals surface area contributed by atoms with Crippen LogP contribution in [-0.2, 0) is 89.9 Å². The Labute approximate surface area is 477 Å². The van der Waals surface area contributed by atoms with Crippen molar-refractivity contribution in [1.29, 1.82) is 0 Å². The summed E-state index contributed by atoms with van der Waals surface area (Å²) in [5.41, 5.74) is 1.12. The van der Waals surface area contributed by atoms with E-state index in [1.54, 1.807) is 48.7 Å². The molecule has 1 aliphatic rings. The van der Waals surface area contributed by atoms with Crippen LogP contribution in [0.25, 0.3) is 10.8 Å². The van der Waals surface area contributed by atoms with Gasteiger partial charge in [0.15, 0.2) is 18.5 Å². The summed E-state index contributed by atoms with van der Waals surface area (Å²) in [6.07, 6.45) is -6.70. The predicted octanol–water partition coefficient (Wildman–Crippen LogP) is 3.67. The highest BCUT2D eigenvalue weighted by molar-refractivity contribution is 7.86. The van der Waals surface area contributed by atoms with E-state index < -0.39 is 95.0 Å². The molecule has 4 aromatic carbocycles. The third kappa shape index (κ3) is 18.5. The largest absolute Gasteiger partial charge is 0.463 e. The number of azo groups is 1. The lowest BCUT2D eigenvalue weighted by molar-refractivity contribution is -0.338. The number of nitrogens with one attached hydrogen (secondary N) is 4. The summed E-state index contributed by atoms with van der Waals surface area (Å²) in [4.78, 5) is 91.9. The van der Waals surface area contributed by atoms with Gasteiger partial charge in [0.1, 0.15) is 29.3 Å². The molecule has 0 aliphatic carbocycles. The highest BCUT2D eigenvalue weighted by Gasteiger charge is 2.55. The van der Waals surface area contributed by atoms with Crippen LogP contribution in [0.4, 0.5) is 22.7 Å². The monoisotopic (exact) mass is 1170 g/mol. The van der Waals surface area contributed by atoms with Gasteiger partial charge in [-0.25, -0.2) is 4.68 Å². The van der Waals surface area contributed by atoms with Gasteiger partial charge in [-0.15, -0.1) is 5.10 Å². The Morgan fingerprint density at radius 1 is 0.783 bits per heavy atom. The van der Waals surface area contributed by atoms with Crippen molar-refractivity contribution in [2.75, 3.05) is 63.8 Å². The summed E-state index contributed by atoms with van der Waals surface area (Å²) in [7, 11) is -0.687. The first kappa shape index (κ1) is 63.7. The maximum Gasteiger partial charge on any atom is 0.303 e. The number of rotatable bonds is 28. The minimum Gasteiger partial charge on any atom is -0.463 e. The van der Waals surface area contributed by atoms with E-state index in [0.29, 0.717) is 33.7 Å². The zero-order chi connectivity index (χ0) is 60.4. The predicted molar refractivity (Wildman–Crippen MR) is 294 cm³/mol. The van der Waals surface area contributed by atoms with Crippen molar-refractivity contribution in [2.24, 2.45) is 10.2 Å². The number of amides is 3. The fourth-order valence-corrected chi connectivity index (χ4v) is 9.16. The van der Waals surface area contributed by atoms with Crippen LogP contribution in [0.2, 0.25) is 0 Å². The molecule has 28 nitrogen and oxygen atoms in total. The van der Waals surface area contributed by atoms with E-state index in [1.807, 2.05) is 43.3 Å². The van der Waals surface area contributed by atoms with Crippen LogP contribution < -0.4 is 26.2 Å². The summed E-state index contributed by atoms with van der Waals surface area (Å²) in [6, 6.07) is 21.7. The van der Waals surface area contributed by atoms with E-state index in [2.05, 4.69) is 41.8 Å². The Bertz CT molecular complexity index is 3230. The topological polar surface area (TPSA) is 354 Å². The Morgan fingerprint density at radius 3 is 2.06 bits per heavy atom. The van der Waals surface area contributed by atoms with Crippen molar-refractivity contribution >= 4 is 85.2 Å². The molecule has 0 saturated carbocycles. The Balaban J connectivity index is 1.14. The molecule has 1 fully saturated rings. The summed E-state index contributed by atoms with van der Waals surface area (Å²) in [6.45, 7) is 5.48. The lowest BCUT2D eigenvalue weighted by Gasteiger charge is -2.46. The van der Waals surface area contributed by atoms with E-state index in [-0.39, 0.29) is 62.2 Å². The van der Waals surface area contributed by atoms with Crippen molar-refractivity contribution in [1.82, 2.24) is 30.9 Å². The number of ether oxygens (including phenoxy) is 8. The Morgan fingerprint density at radius 2 is 1.43 bits per heavy atom. The maximum atomic E-state index is 14.5. The SMILES string of the molecule is CC(=O)N[C@H]1[C@H](O[C@@H](OCCOCCn2cc(CNC(=O)c3ccc(/N=N/c4ccc(N(C)C)cc4)cc3)nn2)C(C)(OC(C)=O)C(=O)NCCNc2cccc3c(S(=O)(=O)O)cccc23)O[C@H](COC(C)=O)[C@@H](OC(C)=O)[C@@H]1OC(C)=O. The first-order valence-corrected chi connectivity index (χ1v) is 27.3. The van der Waals surface area contributed by atoms with Crippen LogP contribution in [0.15, 0.2) is 106 Å². The molecule has 0 radical (unpaired) electrons. The van der Waals surface area contributed by atoms with Gasteiger partial charge in [0, 0.05) is 89.5 Å². The van der Waals surface area contributed by atoms with E-state index in [4.69, 9.17) is 37.9 Å². The van der Waals surface area contributed by atoms with E-state index in [9.17, 15) is 46.5 Å². The fraction of sp³-hybridized carbons (Fsp3) is 0.426. The average Bonchev–Trinajstić information content (AvgIpc) is 3.48. The molecule has 7 atom stereocenters. The van der Waals surface area contributed by atoms with Gasteiger partial charge < -0.3 is 64.1 Å². The molecule has 5 N–H and O–H groups in total. The van der Waals surface area contributed by atoms with Crippen molar-refractivity contribution in [3.8, 4) is 0 Å². The molecule has 0 spiro atoms. The summed E-state index contributed by atoms with van der Waals surface area (Å²) < 4.78 is 82.1. The van der Waals surface area contributed by atoms with E-state index in [1.165, 1.54) is 29.8 Å². The van der Waals surface area contributed by atoms with Crippen LogP contribution >= 0.6 is 0 Å². The number of hydrogen-bond acceptors (Lipinski definition) is 23. The second kappa shape index (κ2) is 29.5. The molecule has 6 rings (SSSR count). The summed E-state index contributed by atoms with van der Waals surface area (Å²) >= 11 is 0. The van der Waals surface area contributed by atoms with Crippen LogP contribution in [0, 0.1) is 0 Å². The number of benzene rings is 4. The van der Waals surface area contributed by atoms with Gasteiger partial charge in [-0.2, -0.15) is 18.6 Å². The lowest BCUT2D eigenvalue weighted by Crippen LogP contribution is -2.68. The number of hydrogen-bond donors (Lipinski definition) is 5. The van der Waals surface area contributed by atoms with Gasteiger partial charge in [-0.05, 0) is 67.6 Å². The van der Waals surface area contributed by atoms with Crippen LogP contribution in [-0.4, -0.2) is 166 Å². The summed E-state index contributed by atoms with van der Waals surface area (Å²) in [5.74, 6) is -5.56. The quantitative estimate of drug-likeness (QED) is 0.0119. The second-order valence-electron chi connectivity index (χ2n) is 19.0. The molecule has 5 aromatic rings. The molecular formula is C54H66N10O18S. The molecule has 3 amide bonds. The molecule has 29 heteroatoms. The smallest absolute Gasteiger partial charge is 0.303 e. The van der Waals surface area contributed by atoms with Crippen LogP contribution in [0.5, 0.6) is 0 Å². The molecule has 2 heterocycles. The molecular weight excluding hydrogens is 1110 g/mol. The minimum atomic E-state index is -4.57. The van der Waals surface area contributed by atoms with Crippen molar-refractivity contribution in [3.63, 3.8) is 0 Å². The average molecular weight is 1180 g/mol. The van der Waals surface area contributed by atoms with Crippen LogP contribution in [0.3, 0.4) is 0 Å². The van der Waals surface area contributed by atoms with Gasteiger partial charge in [-0.3, -0.25) is 38.1 Å². The normalized spacial score (nSPS) is 18.0. The number of aromatic nitrogens is 3. The highest BCUT2D eigenvalue weighted by Crippen LogP contribution is 2.33. The lowest BCUT2D eigenvalue weighted by atomic mass is 9.95. The number of anilines is 2. The molecule has 83 heavy (non-hydrogen) atoms. The Hall–Kier alpha value is -8.48.